The van der Waals surface area contributed by atoms with E-state index in [9.17, 15) is 4.79 Å². The van der Waals surface area contributed by atoms with E-state index in [0.717, 1.165) is 8.95 Å². The maximum absolute atomic E-state index is 11.7. The van der Waals surface area contributed by atoms with Crippen LogP contribution in [0.2, 0.25) is 0 Å². The van der Waals surface area contributed by atoms with Gasteiger partial charge in [0.1, 0.15) is 0 Å². The molecule has 82 valence electrons. The minimum absolute atomic E-state index is 0.0183. The van der Waals surface area contributed by atoms with Crippen molar-refractivity contribution in [3.8, 4) is 0 Å². The SMILES string of the molecule is C[C@H](CN)NC(=O)c1cc(Br)cc(Br)c1. The van der Waals surface area contributed by atoms with Gasteiger partial charge < -0.3 is 11.1 Å². The summed E-state index contributed by atoms with van der Waals surface area (Å²) < 4.78 is 1.73. The molecule has 0 heterocycles. The summed E-state index contributed by atoms with van der Waals surface area (Å²) in [5.74, 6) is -0.116. The lowest BCUT2D eigenvalue weighted by molar-refractivity contribution is 0.0941. The minimum atomic E-state index is -0.116. The molecular weight excluding hydrogens is 324 g/mol. The fraction of sp³-hybridized carbons (Fsp3) is 0.300. The van der Waals surface area contributed by atoms with Crippen molar-refractivity contribution in [3.63, 3.8) is 0 Å². The number of hydrogen-bond donors (Lipinski definition) is 2. The lowest BCUT2D eigenvalue weighted by atomic mass is 10.2. The van der Waals surface area contributed by atoms with Crippen LogP contribution in [0.15, 0.2) is 27.1 Å². The number of nitrogens with one attached hydrogen (secondary N) is 1. The molecule has 5 heteroatoms. The Bertz CT molecular complexity index is 348. The maximum atomic E-state index is 11.7. The van der Waals surface area contributed by atoms with Gasteiger partial charge in [0, 0.05) is 27.1 Å². The third-order valence-corrected chi connectivity index (χ3v) is 2.77. The maximum Gasteiger partial charge on any atom is 0.251 e. The molecule has 3 N–H and O–H groups in total. The summed E-state index contributed by atoms with van der Waals surface area (Å²) in [4.78, 5) is 11.7. The first-order chi connectivity index (χ1) is 7.02. The van der Waals surface area contributed by atoms with Crippen molar-refractivity contribution in [2.45, 2.75) is 13.0 Å². The van der Waals surface area contributed by atoms with Crippen molar-refractivity contribution in [1.29, 1.82) is 0 Å². The molecule has 0 fully saturated rings. The molecule has 0 radical (unpaired) electrons. The molecule has 1 aromatic carbocycles. The first kappa shape index (κ1) is 12.7. The van der Waals surface area contributed by atoms with Gasteiger partial charge in [-0.3, -0.25) is 4.79 Å². The highest BCUT2D eigenvalue weighted by molar-refractivity contribution is 9.11. The van der Waals surface area contributed by atoms with Gasteiger partial charge in [-0.25, -0.2) is 0 Å². The second-order valence-corrected chi connectivity index (χ2v) is 5.10. The van der Waals surface area contributed by atoms with Crippen LogP contribution in [-0.4, -0.2) is 18.5 Å². The molecule has 15 heavy (non-hydrogen) atoms. The highest BCUT2D eigenvalue weighted by Crippen LogP contribution is 2.20. The van der Waals surface area contributed by atoms with E-state index in [-0.39, 0.29) is 11.9 Å². The first-order valence-electron chi connectivity index (χ1n) is 4.50. The van der Waals surface area contributed by atoms with Gasteiger partial charge in [0.05, 0.1) is 0 Å². The van der Waals surface area contributed by atoms with Crippen molar-refractivity contribution in [1.82, 2.24) is 5.32 Å². The molecule has 0 aliphatic carbocycles. The molecule has 0 aromatic heterocycles. The third kappa shape index (κ3) is 3.93. The van der Waals surface area contributed by atoms with Crippen molar-refractivity contribution >= 4 is 37.8 Å². The molecule has 1 amide bonds. The monoisotopic (exact) mass is 334 g/mol. The molecule has 0 aliphatic heterocycles. The van der Waals surface area contributed by atoms with Crippen molar-refractivity contribution < 1.29 is 4.79 Å². The Morgan fingerprint density at radius 1 is 1.40 bits per heavy atom. The van der Waals surface area contributed by atoms with Crippen molar-refractivity contribution in [2.24, 2.45) is 5.73 Å². The molecule has 0 saturated heterocycles. The number of nitrogens with two attached hydrogens (primary N) is 1. The van der Waals surface area contributed by atoms with E-state index in [2.05, 4.69) is 37.2 Å². The van der Waals surface area contributed by atoms with Gasteiger partial charge in [0.25, 0.3) is 5.91 Å². The van der Waals surface area contributed by atoms with Crippen LogP contribution in [0.4, 0.5) is 0 Å². The number of hydrogen-bond acceptors (Lipinski definition) is 2. The van der Waals surface area contributed by atoms with E-state index in [1.807, 2.05) is 13.0 Å². The van der Waals surface area contributed by atoms with Gasteiger partial charge in [-0.1, -0.05) is 31.9 Å². The van der Waals surface area contributed by atoms with E-state index < -0.39 is 0 Å². The highest BCUT2D eigenvalue weighted by atomic mass is 79.9. The van der Waals surface area contributed by atoms with E-state index in [4.69, 9.17) is 5.73 Å². The molecule has 0 aliphatic rings. The number of rotatable bonds is 3. The Labute approximate surface area is 106 Å². The molecule has 0 spiro atoms. The zero-order valence-corrected chi connectivity index (χ0v) is 11.4. The zero-order chi connectivity index (χ0) is 11.4. The van der Waals surface area contributed by atoms with Crippen LogP contribution >= 0.6 is 31.9 Å². The third-order valence-electron chi connectivity index (χ3n) is 1.86. The van der Waals surface area contributed by atoms with Gasteiger partial charge in [0.15, 0.2) is 0 Å². The average Bonchev–Trinajstić information content (AvgIpc) is 2.16. The summed E-state index contributed by atoms with van der Waals surface area (Å²) in [6.07, 6.45) is 0. The predicted octanol–water partition coefficient (Wildman–Crippen LogP) is 2.29. The second kappa shape index (κ2) is 5.63. The number of carbonyl (C=O) groups is 1. The molecule has 0 saturated carbocycles. The number of benzene rings is 1. The van der Waals surface area contributed by atoms with Gasteiger partial charge in [-0.05, 0) is 25.1 Å². The van der Waals surface area contributed by atoms with Crippen molar-refractivity contribution in [2.75, 3.05) is 6.54 Å². The van der Waals surface area contributed by atoms with Crippen LogP contribution in [0.25, 0.3) is 0 Å². The van der Waals surface area contributed by atoms with Gasteiger partial charge >= 0.3 is 0 Å². The van der Waals surface area contributed by atoms with Crippen LogP contribution in [0.5, 0.6) is 0 Å². The molecule has 3 nitrogen and oxygen atoms in total. The largest absolute Gasteiger partial charge is 0.348 e. The average molecular weight is 336 g/mol. The second-order valence-electron chi connectivity index (χ2n) is 3.27. The Hall–Kier alpha value is -0.390. The molecule has 0 unspecified atom stereocenters. The number of amides is 1. The van der Waals surface area contributed by atoms with Crippen LogP contribution < -0.4 is 11.1 Å². The van der Waals surface area contributed by atoms with Crippen LogP contribution in [0.3, 0.4) is 0 Å². The summed E-state index contributed by atoms with van der Waals surface area (Å²) in [7, 11) is 0. The van der Waals surface area contributed by atoms with E-state index >= 15 is 0 Å². The van der Waals surface area contributed by atoms with Crippen LogP contribution in [-0.2, 0) is 0 Å². The van der Waals surface area contributed by atoms with Gasteiger partial charge in [-0.15, -0.1) is 0 Å². The van der Waals surface area contributed by atoms with E-state index in [1.165, 1.54) is 0 Å². The zero-order valence-electron chi connectivity index (χ0n) is 8.26. The van der Waals surface area contributed by atoms with Gasteiger partial charge in [0.2, 0.25) is 0 Å². The highest BCUT2D eigenvalue weighted by Gasteiger charge is 2.09. The fourth-order valence-corrected chi connectivity index (χ4v) is 2.34. The summed E-state index contributed by atoms with van der Waals surface area (Å²) in [6.45, 7) is 2.30. The molecular formula is C10H12Br2N2O. The number of carbonyl (C=O) groups excluding carboxylic acids is 1. The standard InChI is InChI=1S/C10H12Br2N2O/c1-6(5-13)14-10(15)7-2-8(11)4-9(12)3-7/h2-4,6H,5,13H2,1H3,(H,14,15)/t6-/m1/s1. The van der Waals surface area contributed by atoms with Gasteiger partial charge in [-0.2, -0.15) is 0 Å². The Morgan fingerprint density at radius 3 is 2.40 bits per heavy atom. The first-order valence-corrected chi connectivity index (χ1v) is 6.08. The summed E-state index contributed by atoms with van der Waals surface area (Å²) >= 11 is 6.66. The normalized spacial score (nSPS) is 12.3. The number of halogens is 2. The van der Waals surface area contributed by atoms with Crippen LogP contribution in [0.1, 0.15) is 17.3 Å². The lowest BCUT2D eigenvalue weighted by Crippen LogP contribution is -2.37. The molecule has 1 aromatic rings. The molecule has 0 bridgehead atoms. The van der Waals surface area contributed by atoms with Crippen LogP contribution in [0, 0.1) is 0 Å². The quantitative estimate of drug-likeness (QED) is 0.890. The summed E-state index contributed by atoms with van der Waals surface area (Å²) in [5, 5.41) is 2.79. The summed E-state index contributed by atoms with van der Waals surface area (Å²) in [6, 6.07) is 5.39. The van der Waals surface area contributed by atoms with Crippen molar-refractivity contribution in [3.05, 3.63) is 32.7 Å². The fourth-order valence-electron chi connectivity index (χ4n) is 1.05. The Morgan fingerprint density at radius 2 is 1.93 bits per heavy atom. The molecule has 1 rings (SSSR count). The lowest BCUT2D eigenvalue weighted by Gasteiger charge is -2.11. The topological polar surface area (TPSA) is 55.1 Å². The predicted molar refractivity (Wildman–Crippen MR) is 67.8 cm³/mol. The van der Waals surface area contributed by atoms with E-state index in [0.29, 0.717) is 12.1 Å². The molecule has 1 atom stereocenters. The van der Waals surface area contributed by atoms with E-state index in [1.54, 1.807) is 12.1 Å². The summed E-state index contributed by atoms with van der Waals surface area (Å²) in [5.41, 5.74) is 6.03. The Balaban J connectivity index is 2.82. The minimum Gasteiger partial charge on any atom is -0.348 e. The Kier molecular flexibility index (Phi) is 4.76. The smallest absolute Gasteiger partial charge is 0.251 e.